The molecule has 1 aliphatic heterocycles. The van der Waals surface area contributed by atoms with Crippen LogP contribution in [0.3, 0.4) is 0 Å². The predicted molar refractivity (Wildman–Crippen MR) is 108 cm³/mol. The number of ether oxygens (including phenoxy) is 1. The van der Waals surface area contributed by atoms with Crippen LogP contribution in [0.2, 0.25) is 0 Å². The maximum Gasteiger partial charge on any atom is 0.257 e. The minimum atomic E-state index is -0.125. The van der Waals surface area contributed by atoms with Gasteiger partial charge in [-0.15, -0.1) is 12.4 Å². The Balaban J connectivity index is 0.00000261. The lowest BCUT2D eigenvalue weighted by Gasteiger charge is -2.10. The van der Waals surface area contributed by atoms with Crippen molar-refractivity contribution in [1.29, 1.82) is 0 Å². The molecule has 144 valence electrons. The highest BCUT2D eigenvalue weighted by molar-refractivity contribution is 6.08. The highest BCUT2D eigenvalue weighted by atomic mass is 35.5. The summed E-state index contributed by atoms with van der Waals surface area (Å²) in [5.74, 6) is 1.08. The van der Waals surface area contributed by atoms with Gasteiger partial charge in [0, 0.05) is 17.7 Å². The number of hydrogen-bond donors (Lipinski definition) is 2. The van der Waals surface area contributed by atoms with Gasteiger partial charge in [-0.1, -0.05) is 30.3 Å². The molecule has 0 aromatic heterocycles. The topological polar surface area (TPSA) is 67.4 Å². The minimum absolute atomic E-state index is 0. The van der Waals surface area contributed by atoms with Crippen molar-refractivity contribution in [2.24, 2.45) is 5.92 Å². The Morgan fingerprint density at radius 3 is 2.41 bits per heavy atom. The second-order valence-electron chi connectivity index (χ2n) is 6.51. The van der Waals surface area contributed by atoms with E-state index in [1.807, 2.05) is 18.2 Å². The zero-order valence-corrected chi connectivity index (χ0v) is 16.0. The molecule has 1 atom stereocenters. The van der Waals surface area contributed by atoms with Gasteiger partial charge in [-0.3, -0.25) is 9.59 Å². The highest BCUT2D eigenvalue weighted by Crippen LogP contribution is 2.15. The van der Waals surface area contributed by atoms with E-state index in [0.29, 0.717) is 29.3 Å². The third-order valence-electron chi connectivity index (χ3n) is 4.56. The smallest absolute Gasteiger partial charge is 0.257 e. The Morgan fingerprint density at radius 2 is 1.74 bits per heavy atom. The Kier molecular flexibility index (Phi) is 8.30. The second kappa shape index (κ2) is 10.7. The molecule has 1 saturated heterocycles. The van der Waals surface area contributed by atoms with Crippen molar-refractivity contribution in [3.05, 3.63) is 65.7 Å². The van der Waals surface area contributed by atoms with Crippen molar-refractivity contribution in [2.45, 2.75) is 12.8 Å². The van der Waals surface area contributed by atoms with Gasteiger partial charge in [-0.05, 0) is 56.1 Å². The molecule has 0 aliphatic carbocycles. The molecule has 1 unspecified atom stereocenters. The number of nitrogens with one attached hydrogen (secondary N) is 2. The van der Waals surface area contributed by atoms with Crippen molar-refractivity contribution >= 4 is 24.1 Å². The molecular formula is C21H25ClN2O3. The molecular weight excluding hydrogens is 364 g/mol. The quantitative estimate of drug-likeness (QED) is 0.682. The van der Waals surface area contributed by atoms with Gasteiger partial charge in [-0.2, -0.15) is 0 Å². The van der Waals surface area contributed by atoms with Gasteiger partial charge >= 0.3 is 0 Å². The van der Waals surface area contributed by atoms with E-state index in [0.717, 1.165) is 19.5 Å². The van der Waals surface area contributed by atoms with Gasteiger partial charge in [0.2, 0.25) is 0 Å². The first-order chi connectivity index (χ1) is 12.7. The van der Waals surface area contributed by atoms with E-state index in [9.17, 15) is 9.59 Å². The summed E-state index contributed by atoms with van der Waals surface area (Å²) in [6.45, 7) is 2.78. The molecule has 2 N–H and O–H groups in total. The summed E-state index contributed by atoms with van der Waals surface area (Å²) >= 11 is 0. The van der Waals surface area contributed by atoms with Gasteiger partial charge in [0.15, 0.2) is 12.4 Å². The third-order valence-corrected chi connectivity index (χ3v) is 4.56. The first-order valence-corrected chi connectivity index (χ1v) is 9.02. The van der Waals surface area contributed by atoms with E-state index >= 15 is 0 Å². The molecule has 0 radical (unpaired) electrons. The monoisotopic (exact) mass is 388 g/mol. The number of benzene rings is 2. The number of ketones is 1. The number of rotatable bonds is 8. The lowest BCUT2D eigenvalue weighted by atomic mass is 10.0. The van der Waals surface area contributed by atoms with Crippen LogP contribution in [0.1, 0.15) is 28.8 Å². The van der Waals surface area contributed by atoms with Crippen LogP contribution < -0.4 is 15.4 Å². The van der Waals surface area contributed by atoms with Crippen LogP contribution in [0.15, 0.2) is 54.6 Å². The first-order valence-electron chi connectivity index (χ1n) is 9.02. The molecule has 0 saturated carbocycles. The number of carbonyl (C=O) groups is 2. The van der Waals surface area contributed by atoms with Gasteiger partial charge in [0.1, 0.15) is 5.75 Å². The molecule has 0 bridgehead atoms. The van der Waals surface area contributed by atoms with Crippen LogP contribution in [0.25, 0.3) is 0 Å². The lowest BCUT2D eigenvalue weighted by molar-refractivity contribution is -0.123. The van der Waals surface area contributed by atoms with E-state index < -0.39 is 0 Å². The summed E-state index contributed by atoms with van der Waals surface area (Å²) < 4.78 is 5.50. The number of amides is 1. The van der Waals surface area contributed by atoms with Crippen LogP contribution in [0.5, 0.6) is 5.75 Å². The molecule has 1 aliphatic rings. The van der Waals surface area contributed by atoms with Crippen LogP contribution in [0.4, 0.5) is 0 Å². The van der Waals surface area contributed by atoms with Crippen molar-refractivity contribution in [3.63, 3.8) is 0 Å². The maximum absolute atomic E-state index is 12.3. The standard InChI is InChI=1S/C21H24N2O3.ClH/c24-20(23-13-11-16-10-12-22-14-16)15-26-19-8-6-18(7-9-19)21(25)17-4-2-1-3-5-17;/h1-9,16,22H,10-15H2,(H,23,24);1H. The molecule has 2 aromatic rings. The third kappa shape index (κ3) is 6.38. The van der Waals surface area contributed by atoms with Gasteiger partial charge < -0.3 is 15.4 Å². The number of hydrogen-bond acceptors (Lipinski definition) is 4. The second-order valence-corrected chi connectivity index (χ2v) is 6.51. The fourth-order valence-corrected chi connectivity index (χ4v) is 3.04. The fraction of sp³-hybridized carbons (Fsp3) is 0.333. The molecule has 2 aromatic carbocycles. The minimum Gasteiger partial charge on any atom is -0.484 e. The van der Waals surface area contributed by atoms with Gasteiger partial charge in [-0.25, -0.2) is 0 Å². The van der Waals surface area contributed by atoms with Crippen LogP contribution >= 0.6 is 12.4 Å². The first kappa shape index (κ1) is 20.9. The zero-order chi connectivity index (χ0) is 18.2. The van der Waals surface area contributed by atoms with Gasteiger partial charge in [0.05, 0.1) is 0 Å². The highest BCUT2D eigenvalue weighted by Gasteiger charge is 2.14. The van der Waals surface area contributed by atoms with Crippen LogP contribution in [0, 0.1) is 5.92 Å². The van der Waals surface area contributed by atoms with Crippen molar-refractivity contribution in [3.8, 4) is 5.75 Å². The molecule has 3 rings (SSSR count). The number of halogens is 1. The Labute approximate surface area is 165 Å². The summed E-state index contributed by atoms with van der Waals surface area (Å²) in [6, 6.07) is 16.0. The molecule has 1 amide bonds. The van der Waals surface area contributed by atoms with Crippen molar-refractivity contribution in [1.82, 2.24) is 10.6 Å². The molecule has 6 heteroatoms. The average Bonchev–Trinajstić information content (AvgIpc) is 3.20. The summed E-state index contributed by atoms with van der Waals surface area (Å²) in [4.78, 5) is 24.2. The summed E-state index contributed by atoms with van der Waals surface area (Å²) in [5.41, 5.74) is 1.25. The zero-order valence-electron chi connectivity index (χ0n) is 15.1. The summed E-state index contributed by atoms with van der Waals surface area (Å²) in [7, 11) is 0. The summed E-state index contributed by atoms with van der Waals surface area (Å²) in [5, 5.41) is 6.20. The predicted octanol–water partition coefficient (Wildman–Crippen LogP) is 2.83. The molecule has 1 heterocycles. The molecule has 1 fully saturated rings. The van der Waals surface area contributed by atoms with E-state index in [1.165, 1.54) is 6.42 Å². The lowest BCUT2D eigenvalue weighted by Crippen LogP contribution is -2.30. The SMILES string of the molecule is Cl.O=C(COc1ccc(C(=O)c2ccccc2)cc1)NCCC1CCNC1. The average molecular weight is 389 g/mol. The van der Waals surface area contributed by atoms with E-state index in [4.69, 9.17) is 4.74 Å². The van der Waals surface area contributed by atoms with E-state index in [-0.39, 0.29) is 30.7 Å². The van der Waals surface area contributed by atoms with Crippen LogP contribution in [-0.2, 0) is 4.79 Å². The largest absolute Gasteiger partial charge is 0.484 e. The molecule has 5 nitrogen and oxygen atoms in total. The fourth-order valence-electron chi connectivity index (χ4n) is 3.04. The molecule has 0 spiro atoms. The number of carbonyl (C=O) groups excluding carboxylic acids is 2. The van der Waals surface area contributed by atoms with Crippen LogP contribution in [-0.4, -0.2) is 37.9 Å². The normalized spacial score (nSPS) is 15.6. The Bertz CT molecular complexity index is 729. The van der Waals surface area contributed by atoms with Gasteiger partial charge in [0.25, 0.3) is 5.91 Å². The van der Waals surface area contributed by atoms with Crippen molar-refractivity contribution in [2.75, 3.05) is 26.2 Å². The van der Waals surface area contributed by atoms with E-state index in [2.05, 4.69) is 10.6 Å². The Hall–Kier alpha value is -2.37. The maximum atomic E-state index is 12.3. The molecule has 27 heavy (non-hydrogen) atoms. The van der Waals surface area contributed by atoms with Crippen molar-refractivity contribution < 1.29 is 14.3 Å². The Morgan fingerprint density at radius 1 is 1.04 bits per heavy atom. The summed E-state index contributed by atoms with van der Waals surface area (Å²) in [6.07, 6.45) is 2.18. The van der Waals surface area contributed by atoms with E-state index in [1.54, 1.807) is 36.4 Å².